The Morgan fingerprint density at radius 3 is 1.50 bits per heavy atom. The zero-order valence-electron chi connectivity index (χ0n) is 39.4. The van der Waals surface area contributed by atoms with Gasteiger partial charge >= 0.3 is 11.9 Å². The van der Waals surface area contributed by atoms with Crippen LogP contribution in [0, 0.1) is 0 Å². The number of unbranched alkanes of at least 4 members (excludes halogenated alkanes) is 16. The van der Waals surface area contributed by atoms with Gasteiger partial charge in [0.25, 0.3) is 10.1 Å². The quantitative estimate of drug-likeness (QED) is 0.0198. The lowest BCUT2D eigenvalue weighted by atomic mass is 10.00. The van der Waals surface area contributed by atoms with Crippen molar-refractivity contribution in [3.63, 3.8) is 0 Å². The molecule has 4 N–H and O–H groups in total. The van der Waals surface area contributed by atoms with Crippen LogP contribution in [-0.2, 0) is 38.7 Å². The Kier molecular flexibility index (Phi) is 37.3. The number of carbonyl (C=O) groups is 2. The minimum Gasteiger partial charge on any atom is -0.462 e. The van der Waals surface area contributed by atoms with Gasteiger partial charge < -0.3 is 34.3 Å². The molecular weight excluding hydrogens is 837 g/mol. The Balaban J connectivity index is 2.44. The fourth-order valence-corrected chi connectivity index (χ4v) is 7.68. The van der Waals surface area contributed by atoms with Gasteiger partial charge in [0, 0.05) is 12.8 Å². The van der Waals surface area contributed by atoms with E-state index in [1.54, 1.807) is 0 Å². The molecule has 0 bridgehead atoms. The van der Waals surface area contributed by atoms with Crippen LogP contribution in [0.2, 0.25) is 0 Å². The van der Waals surface area contributed by atoms with Gasteiger partial charge in [0.15, 0.2) is 12.4 Å². The lowest BCUT2D eigenvalue weighted by Crippen LogP contribution is -2.60. The molecule has 12 nitrogen and oxygen atoms in total. The van der Waals surface area contributed by atoms with Crippen molar-refractivity contribution in [3.8, 4) is 0 Å². The van der Waals surface area contributed by atoms with Crippen molar-refractivity contribution in [2.75, 3.05) is 19.0 Å². The molecule has 1 rings (SSSR count). The Labute approximate surface area is 387 Å². The minimum atomic E-state index is -4.61. The summed E-state index contributed by atoms with van der Waals surface area (Å²) in [7, 11) is -4.61. The number of allylic oxidation sites excluding steroid dienone is 12. The van der Waals surface area contributed by atoms with E-state index in [-0.39, 0.29) is 19.4 Å². The SMILES string of the molecule is CC/C=C/C/C=C/C/C=C/C/C=C/C/C=C/CCCCCC(=O)O[C@H](COC(=O)CCCCCCCCCCC/C=C/CCCCCC)CO[C@H]1O[C@H](CS(=O)(=O)O)[C@@H](O)C(O)C1O. The molecule has 0 radical (unpaired) electrons. The molecule has 0 aromatic rings. The smallest absolute Gasteiger partial charge is 0.306 e. The zero-order chi connectivity index (χ0) is 46.9. The normalized spacial score (nSPS) is 20.2. The monoisotopic (exact) mass is 923 g/mol. The average molecular weight is 923 g/mol. The first kappa shape index (κ1) is 59.1. The van der Waals surface area contributed by atoms with Gasteiger partial charge in [-0.15, -0.1) is 0 Å². The van der Waals surface area contributed by atoms with Gasteiger partial charge in [0.2, 0.25) is 0 Å². The third kappa shape index (κ3) is 34.4. The van der Waals surface area contributed by atoms with Crippen LogP contribution in [0.1, 0.15) is 181 Å². The summed E-state index contributed by atoms with van der Waals surface area (Å²) in [6, 6.07) is 0. The number of rotatable bonds is 40. The number of hydrogen-bond donors (Lipinski definition) is 4. The first-order valence-electron chi connectivity index (χ1n) is 24.5. The van der Waals surface area contributed by atoms with Crippen molar-refractivity contribution in [2.24, 2.45) is 0 Å². The molecular formula is C51H86O12S. The van der Waals surface area contributed by atoms with Crippen molar-refractivity contribution in [3.05, 3.63) is 72.9 Å². The van der Waals surface area contributed by atoms with Crippen molar-refractivity contribution in [2.45, 2.75) is 218 Å². The van der Waals surface area contributed by atoms with Crippen LogP contribution in [0.4, 0.5) is 0 Å². The standard InChI is InChI=1S/C51H86O12S/c1-3-5-7-9-11-13-15-17-19-21-22-24-26-28-30-32-34-36-38-40-47(53)62-44(42-61-51-50(56)49(55)48(54)45(63-51)43-64(57,58)59)41-60-46(52)39-37-35-33-31-29-27-25-23-20-18-16-14-12-10-8-6-4-2/h5,7,11,13-14,16-17,19,22,24,28,30,44-45,48-51,54-56H,3-4,6,8-10,12,15,18,20-21,23,25-27,29,31-43H2,1-2H3,(H,57,58,59)/b7-5+,13-11+,16-14+,19-17+,24-22+,30-28+/t44-,45-,48-,49?,50?,51+/m1/s1. The predicted molar refractivity (Wildman–Crippen MR) is 256 cm³/mol. The molecule has 64 heavy (non-hydrogen) atoms. The van der Waals surface area contributed by atoms with E-state index in [4.69, 9.17) is 18.9 Å². The molecule has 13 heteroatoms. The van der Waals surface area contributed by atoms with Crippen LogP contribution in [0.25, 0.3) is 0 Å². The summed E-state index contributed by atoms with van der Waals surface area (Å²) in [6.07, 6.45) is 42.2. The van der Waals surface area contributed by atoms with Crippen LogP contribution in [-0.4, -0.2) is 96.0 Å². The number of esters is 2. The second-order valence-corrected chi connectivity index (χ2v) is 18.2. The second kappa shape index (κ2) is 40.4. The number of hydrogen-bond acceptors (Lipinski definition) is 11. The summed E-state index contributed by atoms with van der Waals surface area (Å²) in [5, 5.41) is 30.9. The topological polar surface area (TPSA) is 186 Å². The van der Waals surface area contributed by atoms with Gasteiger partial charge in [-0.25, -0.2) is 0 Å². The highest BCUT2D eigenvalue weighted by molar-refractivity contribution is 7.85. The lowest BCUT2D eigenvalue weighted by Gasteiger charge is -2.40. The fraction of sp³-hybridized carbons (Fsp3) is 0.725. The molecule has 0 aromatic heterocycles. The lowest BCUT2D eigenvalue weighted by molar-refractivity contribution is -0.297. The largest absolute Gasteiger partial charge is 0.462 e. The predicted octanol–water partition coefficient (Wildman–Crippen LogP) is 10.7. The molecule has 1 aliphatic heterocycles. The fourth-order valence-electron chi connectivity index (χ4n) is 6.99. The molecule has 368 valence electrons. The van der Waals surface area contributed by atoms with Crippen molar-refractivity contribution >= 4 is 22.1 Å². The molecule has 0 spiro atoms. The third-order valence-electron chi connectivity index (χ3n) is 10.8. The van der Waals surface area contributed by atoms with E-state index in [2.05, 4.69) is 86.8 Å². The van der Waals surface area contributed by atoms with E-state index in [1.807, 2.05) is 0 Å². The Morgan fingerprint density at radius 2 is 0.984 bits per heavy atom. The van der Waals surface area contributed by atoms with E-state index in [9.17, 15) is 37.9 Å². The molecule has 0 aromatic carbocycles. The average Bonchev–Trinajstić information content (AvgIpc) is 3.26. The van der Waals surface area contributed by atoms with Gasteiger partial charge in [-0.2, -0.15) is 8.42 Å². The van der Waals surface area contributed by atoms with Crippen LogP contribution in [0.5, 0.6) is 0 Å². The maximum atomic E-state index is 12.8. The minimum absolute atomic E-state index is 0.122. The molecule has 0 aliphatic carbocycles. The summed E-state index contributed by atoms with van der Waals surface area (Å²) in [5.41, 5.74) is 0. The first-order valence-corrected chi connectivity index (χ1v) is 26.1. The van der Waals surface area contributed by atoms with Gasteiger partial charge in [-0.1, -0.05) is 157 Å². The Morgan fingerprint density at radius 1 is 0.547 bits per heavy atom. The summed E-state index contributed by atoms with van der Waals surface area (Å²) in [4.78, 5) is 25.5. The van der Waals surface area contributed by atoms with E-state index in [0.717, 1.165) is 70.6 Å². The highest BCUT2D eigenvalue weighted by Gasteiger charge is 2.46. The number of carbonyl (C=O) groups excluding carboxylic acids is 2. The number of aliphatic hydroxyl groups excluding tert-OH is 3. The maximum absolute atomic E-state index is 12.8. The van der Waals surface area contributed by atoms with Crippen molar-refractivity contribution in [1.82, 2.24) is 0 Å². The van der Waals surface area contributed by atoms with E-state index < -0.39 is 71.2 Å². The third-order valence-corrected chi connectivity index (χ3v) is 11.5. The van der Waals surface area contributed by atoms with Crippen LogP contribution in [0.15, 0.2) is 72.9 Å². The summed E-state index contributed by atoms with van der Waals surface area (Å²) < 4.78 is 54.1. The molecule has 1 heterocycles. The van der Waals surface area contributed by atoms with E-state index in [1.165, 1.54) is 70.6 Å². The summed E-state index contributed by atoms with van der Waals surface area (Å²) in [5.74, 6) is -2.03. The van der Waals surface area contributed by atoms with Gasteiger partial charge in [-0.3, -0.25) is 14.1 Å². The van der Waals surface area contributed by atoms with Gasteiger partial charge in [0.05, 0.1) is 6.61 Å². The van der Waals surface area contributed by atoms with Crippen molar-refractivity contribution in [1.29, 1.82) is 0 Å². The van der Waals surface area contributed by atoms with E-state index in [0.29, 0.717) is 12.8 Å². The molecule has 2 unspecified atom stereocenters. The molecule has 1 fully saturated rings. The molecule has 0 saturated carbocycles. The number of aliphatic hydroxyl groups is 3. The molecule has 0 amide bonds. The zero-order valence-corrected chi connectivity index (χ0v) is 40.2. The Hall–Kier alpha value is -2.91. The van der Waals surface area contributed by atoms with Gasteiger partial charge in [-0.05, 0) is 83.5 Å². The molecule has 6 atom stereocenters. The van der Waals surface area contributed by atoms with Gasteiger partial charge in [0.1, 0.15) is 36.8 Å². The summed E-state index contributed by atoms with van der Waals surface area (Å²) >= 11 is 0. The van der Waals surface area contributed by atoms with Crippen LogP contribution in [0.3, 0.4) is 0 Å². The molecule has 1 saturated heterocycles. The second-order valence-electron chi connectivity index (χ2n) is 16.7. The van der Waals surface area contributed by atoms with Crippen LogP contribution >= 0.6 is 0 Å². The highest BCUT2D eigenvalue weighted by Crippen LogP contribution is 2.24. The highest BCUT2D eigenvalue weighted by atomic mass is 32.2. The van der Waals surface area contributed by atoms with E-state index >= 15 is 0 Å². The van der Waals surface area contributed by atoms with Crippen LogP contribution < -0.4 is 0 Å². The first-order chi connectivity index (χ1) is 31.0. The number of ether oxygens (including phenoxy) is 4. The summed E-state index contributed by atoms with van der Waals surface area (Å²) in [6.45, 7) is 3.61. The maximum Gasteiger partial charge on any atom is 0.306 e. The van der Waals surface area contributed by atoms with Crippen molar-refractivity contribution < 1.29 is 56.8 Å². The Bertz CT molecular complexity index is 1450. The molecule has 1 aliphatic rings.